The molecule has 1 aromatic carbocycles. The molecule has 3 heteroatoms. The Kier molecular flexibility index (Phi) is 2.55. The molecule has 0 radical (unpaired) electrons. The highest BCUT2D eigenvalue weighted by Crippen LogP contribution is 2.35. The smallest absolute Gasteiger partial charge is 0.275 e. The summed E-state index contributed by atoms with van der Waals surface area (Å²) in [7, 11) is 0. The monoisotopic (exact) mass is 185 g/mol. The summed E-state index contributed by atoms with van der Waals surface area (Å²) in [6.45, 7) is 2.99. The van der Waals surface area contributed by atoms with Gasteiger partial charge in [-0.05, 0) is 12.1 Å². The number of nitrogens with two attached hydrogens (primary N) is 1. The lowest BCUT2D eigenvalue weighted by Gasteiger charge is -2.20. The fourth-order valence-electron chi connectivity index (χ4n) is 1.04. The Labute approximate surface area is 76.6 Å². The molecule has 0 aliphatic carbocycles. The zero-order valence-corrected chi connectivity index (χ0v) is 7.72. The molecule has 0 atom stereocenters. The van der Waals surface area contributed by atoms with Crippen LogP contribution in [0.1, 0.15) is 19.4 Å². The highest BCUT2D eigenvalue weighted by molar-refractivity contribution is 5.40. The third-order valence-corrected chi connectivity index (χ3v) is 2.02. The first-order valence-electron chi connectivity index (χ1n) is 4.18. The number of halogens is 2. The molecule has 0 saturated carbocycles. The number of rotatable bonds is 2. The van der Waals surface area contributed by atoms with Crippen LogP contribution in [0, 0.1) is 5.92 Å². The van der Waals surface area contributed by atoms with Crippen LogP contribution in [0.5, 0.6) is 0 Å². The maximum absolute atomic E-state index is 13.4. The van der Waals surface area contributed by atoms with Crippen molar-refractivity contribution in [1.82, 2.24) is 0 Å². The number of hydrogen-bond acceptors (Lipinski definition) is 1. The van der Waals surface area contributed by atoms with Gasteiger partial charge in [-0.2, -0.15) is 0 Å². The topological polar surface area (TPSA) is 26.0 Å². The van der Waals surface area contributed by atoms with Crippen molar-refractivity contribution in [1.29, 1.82) is 0 Å². The highest BCUT2D eigenvalue weighted by Gasteiger charge is 2.35. The van der Waals surface area contributed by atoms with Crippen molar-refractivity contribution >= 4 is 5.69 Å². The molecule has 0 heterocycles. The Balaban J connectivity index is 3.01. The lowest BCUT2D eigenvalue weighted by Crippen LogP contribution is -2.20. The molecule has 1 aromatic rings. The fourth-order valence-corrected chi connectivity index (χ4v) is 1.04. The van der Waals surface area contributed by atoms with Gasteiger partial charge in [-0.25, -0.2) is 8.78 Å². The number of alkyl halides is 2. The molecule has 0 spiro atoms. The van der Waals surface area contributed by atoms with E-state index in [2.05, 4.69) is 0 Å². The average Bonchev–Trinajstić information content (AvgIpc) is 2.04. The van der Waals surface area contributed by atoms with Crippen molar-refractivity contribution in [2.75, 3.05) is 5.73 Å². The van der Waals surface area contributed by atoms with Gasteiger partial charge in [0.05, 0.1) is 0 Å². The summed E-state index contributed by atoms with van der Waals surface area (Å²) in [6.07, 6.45) is 0. The van der Waals surface area contributed by atoms with Gasteiger partial charge in [0, 0.05) is 17.2 Å². The Bertz CT molecular complexity index is 277. The molecular weight excluding hydrogens is 172 g/mol. The Morgan fingerprint density at radius 2 is 1.62 bits per heavy atom. The van der Waals surface area contributed by atoms with Crippen molar-refractivity contribution in [2.45, 2.75) is 19.8 Å². The molecule has 0 saturated heterocycles. The van der Waals surface area contributed by atoms with E-state index in [0.29, 0.717) is 5.69 Å². The van der Waals surface area contributed by atoms with Gasteiger partial charge in [-0.15, -0.1) is 0 Å². The van der Waals surface area contributed by atoms with Crippen LogP contribution >= 0.6 is 0 Å². The third kappa shape index (κ3) is 1.97. The second-order valence-corrected chi connectivity index (χ2v) is 3.40. The first kappa shape index (κ1) is 9.96. The molecule has 1 nitrogen and oxygen atoms in total. The van der Waals surface area contributed by atoms with E-state index in [9.17, 15) is 8.78 Å². The number of hydrogen-bond donors (Lipinski definition) is 1. The number of nitrogen functional groups attached to an aromatic ring is 1. The van der Waals surface area contributed by atoms with Gasteiger partial charge in [0.1, 0.15) is 0 Å². The quantitative estimate of drug-likeness (QED) is 0.704. The molecular formula is C10H13F2N. The van der Waals surface area contributed by atoms with E-state index in [1.807, 2.05) is 0 Å². The molecule has 0 amide bonds. The van der Waals surface area contributed by atoms with Gasteiger partial charge in [-0.3, -0.25) is 0 Å². The molecule has 2 N–H and O–H groups in total. The van der Waals surface area contributed by atoms with Gasteiger partial charge >= 0.3 is 0 Å². The molecule has 0 aromatic heterocycles. The van der Waals surface area contributed by atoms with Crippen LogP contribution in [0.3, 0.4) is 0 Å². The standard InChI is InChI=1S/C10H13F2N/c1-7(2)10(11,12)8-3-5-9(13)6-4-8/h3-7H,13H2,1-2H3. The summed E-state index contributed by atoms with van der Waals surface area (Å²) >= 11 is 0. The maximum atomic E-state index is 13.4. The average molecular weight is 185 g/mol. The second-order valence-electron chi connectivity index (χ2n) is 3.40. The number of benzene rings is 1. The highest BCUT2D eigenvalue weighted by atomic mass is 19.3. The largest absolute Gasteiger partial charge is 0.399 e. The van der Waals surface area contributed by atoms with Crippen LogP contribution in [0.4, 0.5) is 14.5 Å². The molecule has 1 rings (SSSR count). The SMILES string of the molecule is CC(C)C(F)(F)c1ccc(N)cc1. The molecule has 13 heavy (non-hydrogen) atoms. The zero-order valence-electron chi connectivity index (χ0n) is 7.72. The van der Waals surface area contributed by atoms with E-state index in [1.165, 1.54) is 38.1 Å². The van der Waals surface area contributed by atoms with Crippen LogP contribution in [0.25, 0.3) is 0 Å². The fraction of sp³-hybridized carbons (Fsp3) is 0.400. The van der Waals surface area contributed by atoms with E-state index in [1.54, 1.807) is 0 Å². The predicted octanol–water partition coefficient (Wildman–Crippen LogP) is 3.02. The minimum absolute atomic E-state index is 0.0247. The summed E-state index contributed by atoms with van der Waals surface area (Å²) in [5.74, 6) is -3.47. The Morgan fingerprint density at radius 3 is 2.00 bits per heavy atom. The van der Waals surface area contributed by atoms with Gasteiger partial charge in [0.15, 0.2) is 0 Å². The number of anilines is 1. The Morgan fingerprint density at radius 1 is 1.15 bits per heavy atom. The van der Waals surface area contributed by atoms with Crippen LogP contribution < -0.4 is 5.73 Å². The minimum Gasteiger partial charge on any atom is -0.399 e. The normalized spacial score (nSPS) is 12.1. The van der Waals surface area contributed by atoms with Crippen molar-refractivity contribution in [3.05, 3.63) is 29.8 Å². The molecule has 0 fully saturated rings. The lowest BCUT2D eigenvalue weighted by atomic mass is 9.98. The van der Waals surface area contributed by atoms with Crippen molar-refractivity contribution in [3.63, 3.8) is 0 Å². The maximum Gasteiger partial charge on any atom is 0.275 e. The van der Waals surface area contributed by atoms with E-state index >= 15 is 0 Å². The first-order valence-corrected chi connectivity index (χ1v) is 4.18. The van der Waals surface area contributed by atoms with Gasteiger partial charge < -0.3 is 5.73 Å². The van der Waals surface area contributed by atoms with E-state index in [0.717, 1.165) is 0 Å². The Hall–Kier alpha value is -1.12. The van der Waals surface area contributed by atoms with Crippen LogP contribution in [0.2, 0.25) is 0 Å². The van der Waals surface area contributed by atoms with Crippen LogP contribution in [-0.4, -0.2) is 0 Å². The second kappa shape index (κ2) is 3.32. The van der Waals surface area contributed by atoms with E-state index < -0.39 is 11.8 Å². The minimum atomic E-state index is -2.77. The zero-order chi connectivity index (χ0) is 10.1. The van der Waals surface area contributed by atoms with Crippen molar-refractivity contribution < 1.29 is 8.78 Å². The van der Waals surface area contributed by atoms with E-state index in [-0.39, 0.29) is 5.56 Å². The van der Waals surface area contributed by atoms with Crippen molar-refractivity contribution in [3.8, 4) is 0 Å². The lowest BCUT2D eigenvalue weighted by molar-refractivity contribution is -0.0513. The third-order valence-electron chi connectivity index (χ3n) is 2.02. The van der Waals surface area contributed by atoms with Gasteiger partial charge in [-0.1, -0.05) is 26.0 Å². The summed E-state index contributed by atoms with van der Waals surface area (Å²) in [4.78, 5) is 0. The molecule has 0 unspecified atom stereocenters. The van der Waals surface area contributed by atoms with Crippen LogP contribution in [-0.2, 0) is 5.92 Å². The molecule has 0 bridgehead atoms. The first-order chi connectivity index (χ1) is 5.94. The van der Waals surface area contributed by atoms with Gasteiger partial charge in [0.25, 0.3) is 5.92 Å². The predicted molar refractivity (Wildman–Crippen MR) is 49.6 cm³/mol. The van der Waals surface area contributed by atoms with Gasteiger partial charge in [0.2, 0.25) is 0 Å². The summed E-state index contributed by atoms with van der Waals surface area (Å²) < 4.78 is 26.7. The molecule has 0 aliphatic rings. The summed E-state index contributed by atoms with van der Waals surface area (Å²) in [5, 5.41) is 0. The molecule has 72 valence electrons. The van der Waals surface area contributed by atoms with Crippen LogP contribution in [0.15, 0.2) is 24.3 Å². The molecule has 0 aliphatic heterocycles. The van der Waals surface area contributed by atoms with Crippen molar-refractivity contribution in [2.24, 2.45) is 5.92 Å². The van der Waals surface area contributed by atoms with E-state index in [4.69, 9.17) is 5.73 Å². The summed E-state index contributed by atoms with van der Waals surface area (Å²) in [5.41, 5.74) is 5.93. The summed E-state index contributed by atoms with van der Waals surface area (Å²) in [6, 6.07) is 5.72.